The average Bonchev–Trinajstić information content (AvgIpc) is 2.73. The number of hydrogen-bond donors (Lipinski definition) is 1. The number of carboxylic acid groups (broad SMARTS) is 1. The van der Waals surface area contributed by atoms with Crippen LogP contribution in [0.3, 0.4) is 0 Å². The molecular formula is C16H15ClF2N4O2. The Balaban J connectivity index is 1.83. The highest BCUT2D eigenvalue weighted by molar-refractivity contribution is 6.28. The molecule has 2 bridgehead atoms. The van der Waals surface area contributed by atoms with E-state index in [9.17, 15) is 18.7 Å². The normalized spacial score (nSPS) is 25.7. The molecule has 25 heavy (non-hydrogen) atoms. The highest BCUT2D eigenvalue weighted by Gasteiger charge is 2.51. The first-order valence-electron chi connectivity index (χ1n) is 7.88. The van der Waals surface area contributed by atoms with Crippen LogP contribution >= 0.6 is 11.6 Å². The molecule has 4 rings (SSSR count). The maximum Gasteiger partial charge on any atom is 0.408 e. The standard InChI is InChI=1S/C16H15ClF2N4O2/c1-16-3-2-9(23(16)15(24)25)6-22(7-16)13-10-4-8(18)5-11(19)12(10)20-14(17)21-13/h4-5,9H,2-3,6-7H2,1H3,(H,24,25)/t9-,16+/m1/s1. The summed E-state index contributed by atoms with van der Waals surface area (Å²) in [6, 6.07) is 1.74. The Hall–Kier alpha value is -2.22. The van der Waals surface area contributed by atoms with Gasteiger partial charge in [-0.25, -0.2) is 18.6 Å². The highest BCUT2D eigenvalue weighted by atomic mass is 35.5. The lowest BCUT2D eigenvalue weighted by Crippen LogP contribution is -2.62. The minimum Gasteiger partial charge on any atom is -0.465 e. The fraction of sp³-hybridized carbons (Fsp3) is 0.438. The van der Waals surface area contributed by atoms with Gasteiger partial charge in [0.25, 0.3) is 0 Å². The minimum absolute atomic E-state index is 0.0467. The summed E-state index contributed by atoms with van der Waals surface area (Å²) < 4.78 is 27.8. The molecule has 2 aliphatic heterocycles. The molecule has 0 aliphatic carbocycles. The van der Waals surface area contributed by atoms with Crippen LogP contribution in [0.1, 0.15) is 19.8 Å². The van der Waals surface area contributed by atoms with Crippen LogP contribution in [-0.2, 0) is 0 Å². The zero-order valence-corrected chi connectivity index (χ0v) is 14.1. The van der Waals surface area contributed by atoms with Crippen molar-refractivity contribution in [2.75, 3.05) is 18.0 Å². The van der Waals surface area contributed by atoms with Crippen molar-refractivity contribution in [3.63, 3.8) is 0 Å². The lowest BCUT2D eigenvalue weighted by Gasteiger charge is -2.46. The van der Waals surface area contributed by atoms with Gasteiger partial charge in [0.1, 0.15) is 17.2 Å². The SMILES string of the molecule is C[C@]12CC[C@H](CN(c3nc(Cl)nc4c(F)cc(F)cc34)C1)N2C(=O)O. The van der Waals surface area contributed by atoms with Gasteiger partial charge in [-0.1, -0.05) is 0 Å². The topological polar surface area (TPSA) is 69.6 Å². The average molecular weight is 369 g/mol. The molecule has 0 unspecified atom stereocenters. The summed E-state index contributed by atoms with van der Waals surface area (Å²) in [5.74, 6) is -1.20. The minimum atomic E-state index is -0.952. The summed E-state index contributed by atoms with van der Waals surface area (Å²) in [4.78, 5) is 23.0. The highest BCUT2D eigenvalue weighted by Crippen LogP contribution is 2.41. The van der Waals surface area contributed by atoms with Crippen molar-refractivity contribution in [3.05, 3.63) is 29.1 Å². The lowest BCUT2D eigenvalue weighted by molar-refractivity contribution is 0.0787. The van der Waals surface area contributed by atoms with Crippen molar-refractivity contribution >= 4 is 34.4 Å². The Kier molecular flexibility index (Phi) is 3.50. The van der Waals surface area contributed by atoms with E-state index >= 15 is 0 Å². The summed E-state index contributed by atoms with van der Waals surface area (Å²) in [7, 11) is 0. The summed E-state index contributed by atoms with van der Waals surface area (Å²) in [5.41, 5.74) is -0.626. The number of amides is 1. The molecule has 6 nitrogen and oxygen atoms in total. The van der Waals surface area contributed by atoms with Gasteiger partial charge in [-0.15, -0.1) is 0 Å². The Bertz CT molecular complexity index is 896. The summed E-state index contributed by atoms with van der Waals surface area (Å²) in [6.45, 7) is 2.64. The van der Waals surface area contributed by atoms with Crippen molar-refractivity contribution < 1.29 is 18.7 Å². The van der Waals surface area contributed by atoms with Crippen molar-refractivity contribution in [2.24, 2.45) is 0 Å². The van der Waals surface area contributed by atoms with E-state index < -0.39 is 23.3 Å². The number of carbonyl (C=O) groups is 1. The number of fused-ring (bicyclic) bond motifs is 3. The number of rotatable bonds is 1. The predicted molar refractivity (Wildman–Crippen MR) is 88.0 cm³/mol. The van der Waals surface area contributed by atoms with E-state index in [0.29, 0.717) is 18.9 Å². The van der Waals surface area contributed by atoms with Crippen molar-refractivity contribution in [1.82, 2.24) is 14.9 Å². The van der Waals surface area contributed by atoms with Gasteiger partial charge >= 0.3 is 6.09 Å². The van der Waals surface area contributed by atoms with Crippen LogP contribution in [0.2, 0.25) is 5.28 Å². The van der Waals surface area contributed by atoms with Gasteiger partial charge in [-0.3, -0.25) is 4.90 Å². The van der Waals surface area contributed by atoms with Crippen molar-refractivity contribution in [1.29, 1.82) is 0 Å². The predicted octanol–water partition coefficient (Wildman–Crippen LogP) is 3.28. The smallest absolute Gasteiger partial charge is 0.408 e. The Morgan fingerprint density at radius 2 is 2.16 bits per heavy atom. The van der Waals surface area contributed by atoms with Gasteiger partial charge in [-0.05, 0) is 37.4 Å². The van der Waals surface area contributed by atoms with Gasteiger partial charge < -0.3 is 10.0 Å². The largest absolute Gasteiger partial charge is 0.465 e. The lowest BCUT2D eigenvalue weighted by atomic mass is 9.98. The van der Waals surface area contributed by atoms with Gasteiger partial charge in [-0.2, -0.15) is 4.98 Å². The van der Waals surface area contributed by atoms with E-state index in [2.05, 4.69) is 9.97 Å². The first-order valence-corrected chi connectivity index (χ1v) is 8.26. The van der Waals surface area contributed by atoms with Gasteiger partial charge in [0, 0.05) is 24.5 Å². The number of hydrogen-bond acceptors (Lipinski definition) is 4. The Morgan fingerprint density at radius 1 is 1.40 bits per heavy atom. The van der Waals surface area contributed by atoms with E-state index in [0.717, 1.165) is 18.9 Å². The monoisotopic (exact) mass is 368 g/mol. The van der Waals surface area contributed by atoms with Gasteiger partial charge in [0.2, 0.25) is 5.28 Å². The first-order chi connectivity index (χ1) is 11.8. The molecule has 1 amide bonds. The van der Waals surface area contributed by atoms with Crippen LogP contribution in [0, 0.1) is 11.6 Å². The maximum absolute atomic E-state index is 14.1. The summed E-state index contributed by atoms with van der Waals surface area (Å²) >= 11 is 5.94. The van der Waals surface area contributed by atoms with Crippen molar-refractivity contribution in [3.8, 4) is 0 Å². The molecule has 3 heterocycles. The first kappa shape index (κ1) is 16.3. The van der Waals surface area contributed by atoms with Gasteiger partial charge in [0.05, 0.1) is 11.6 Å². The molecule has 0 radical (unpaired) electrons. The van der Waals surface area contributed by atoms with Crippen LogP contribution in [0.5, 0.6) is 0 Å². The Morgan fingerprint density at radius 3 is 2.84 bits per heavy atom. The number of aromatic nitrogens is 2. The number of nitrogens with zero attached hydrogens (tertiary/aromatic N) is 4. The molecule has 132 valence electrons. The third-order valence-electron chi connectivity index (χ3n) is 5.10. The molecule has 1 aromatic carbocycles. The summed E-state index contributed by atoms with van der Waals surface area (Å²) in [6.07, 6.45) is 0.505. The summed E-state index contributed by atoms with van der Waals surface area (Å²) in [5, 5.41) is 9.59. The molecule has 2 atom stereocenters. The molecular weight excluding hydrogens is 354 g/mol. The fourth-order valence-corrected chi connectivity index (χ4v) is 4.30. The maximum atomic E-state index is 14.1. The van der Waals surface area contributed by atoms with E-state index in [1.807, 2.05) is 11.8 Å². The number of benzene rings is 1. The number of halogens is 3. The van der Waals surface area contributed by atoms with Crippen molar-refractivity contribution in [2.45, 2.75) is 31.3 Å². The zero-order valence-electron chi connectivity index (χ0n) is 13.3. The molecule has 2 fully saturated rings. The molecule has 2 aliphatic rings. The third kappa shape index (κ3) is 2.47. The van der Waals surface area contributed by atoms with Crippen LogP contribution in [-0.4, -0.2) is 50.7 Å². The van der Waals surface area contributed by atoms with Gasteiger partial charge in [0.15, 0.2) is 5.82 Å². The second-order valence-electron chi connectivity index (χ2n) is 6.82. The number of piperazine rings is 1. The number of anilines is 1. The molecule has 2 aromatic rings. The molecule has 0 spiro atoms. The molecule has 1 N–H and O–H groups in total. The molecule has 0 saturated carbocycles. The second kappa shape index (κ2) is 5.39. The van der Waals surface area contributed by atoms with E-state index in [1.54, 1.807) is 0 Å². The molecule has 2 saturated heterocycles. The second-order valence-corrected chi connectivity index (χ2v) is 7.16. The van der Waals surface area contributed by atoms with E-state index in [4.69, 9.17) is 11.6 Å². The third-order valence-corrected chi connectivity index (χ3v) is 5.27. The fourth-order valence-electron chi connectivity index (χ4n) is 4.13. The van der Waals surface area contributed by atoms with Crippen LogP contribution in [0.15, 0.2) is 12.1 Å². The van der Waals surface area contributed by atoms with E-state index in [1.165, 1.54) is 11.0 Å². The Labute approximate surface area is 147 Å². The van der Waals surface area contributed by atoms with Crippen LogP contribution in [0.4, 0.5) is 19.4 Å². The zero-order chi connectivity index (χ0) is 17.9. The van der Waals surface area contributed by atoms with Crippen LogP contribution in [0.25, 0.3) is 10.9 Å². The quantitative estimate of drug-likeness (QED) is 0.782. The molecule has 1 aromatic heterocycles. The molecule has 9 heteroatoms. The van der Waals surface area contributed by atoms with Crippen LogP contribution < -0.4 is 4.90 Å². The van der Waals surface area contributed by atoms with E-state index in [-0.39, 0.29) is 22.2 Å².